The molecule has 0 aliphatic carbocycles. The molecular weight excluding hydrogens is 416 g/mol. The minimum atomic E-state index is -0.561. The first kappa shape index (κ1) is 20.1. The number of tetrazole rings is 1. The van der Waals surface area contributed by atoms with E-state index in [1.54, 1.807) is 24.3 Å². The molecule has 0 bridgehead atoms. The number of thiocarbonyl (C=S) groups is 1. The molecular formula is C21H16N6O3S. The second kappa shape index (κ2) is 8.67. The van der Waals surface area contributed by atoms with Crippen LogP contribution in [0.2, 0.25) is 0 Å². The average Bonchev–Trinajstić information content (AvgIpc) is 3.23. The molecule has 1 fully saturated rings. The van der Waals surface area contributed by atoms with Crippen LogP contribution in [0.5, 0.6) is 11.8 Å². The molecule has 2 heterocycles. The van der Waals surface area contributed by atoms with Crippen molar-refractivity contribution in [3.8, 4) is 17.4 Å². The average molecular weight is 432 g/mol. The van der Waals surface area contributed by atoms with E-state index in [-0.39, 0.29) is 23.2 Å². The van der Waals surface area contributed by atoms with Gasteiger partial charge >= 0.3 is 6.01 Å². The number of rotatable bonds is 6. The van der Waals surface area contributed by atoms with Crippen LogP contribution in [-0.4, -0.2) is 48.6 Å². The van der Waals surface area contributed by atoms with Gasteiger partial charge in [0.2, 0.25) is 0 Å². The van der Waals surface area contributed by atoms with Crippen LogP contribution in [0.25, 0.3) is 11.8 Å². The van der Waals surface area contributed by atoms with E-state index in [0.29, 0.717) is 11.3 Å². The zero-order valence-electron chi connectivity index (χ0n) is 16.1. The topological polar surface area (TPSA) is 102 Å². The molecule has 154 valence electrons. The summed E-state index contributed by atoms with van der Waals surface area (Å²) in [5, 5.41) is 14.1. The molecule has 31 heavy (non-hydrogen) atoms. The van der Waals surface area contributed by atoms with E-state index in [1.807, 2.05) is 30.3 Å². The van der Waals surface area contributed by atoms with Gasteiger partial charge in [-0.05, 0) is 58.5 Å². The Morgan fingerprint density at radius 1 is 1.13 bits per heavy atom. The molecule has 0 unspecified atom stereocenters. The Kier molecular flexibility index (Phi) is 5.63. The van der Waals surface area contributed by atoms with Crippen molar-refractivity contribution < 1.29 is 14.3 Å². The van der Waals surface area contributed by atoms with Gasteiger partial charge in [0, 0.05) is 6.54 Å². The van der Waals surface area contributed by atoms with Crippen molar-refractivity contribution >= 4 is 35.2 Å². The number of benzene rings is 2. The number of para-hydroxylation sites is 1. The summed E-state index contributed by atoms with van der Waals surface area (Å²) in [7, 11) is 0. The van der Waals surface area contributed by atoms with E-state index >= 15 is 0 Å². The number of hydrogen-bond donors (Lipinski definition) is 1. The third-order valence-corrected chi connectivity index (χ3v) is 4.64. The van der Waals surface area contributed by atoms with Crippen molar-refractivity contribution in [3.63, 3.8) is 0 Å². The second-order valence-electron chi connectivity index (χ2n) is 6.41. The highest BCUT2D eigenvalue weighted by atomic mass is 32.1. The van der Waals surface area contributed by atoms with Crippen molar-refractivity contribution in [1.82, 2.24) is 30.4 Å². The summed E-state index contributed by atoms with van der Waals surface area (Å²) in [6.45, 7) is 3.80. The van der Waals surface area contributed by atoms with Crippen LogP contribution in [0.1, 0.15) is 5.56 Å². The van der Waals surface area contributed by atoms with E-state index in [2.05, 4.69) is 27.4 Å². The Hall–Kier alpha value is -4.18. The maximum Gasteiger partial charge on any atom is 0.345 e. The van der Waals surface area contributed by atoms with E-state index < -0.39 is 11.8 Å². The quantitative estimate of drug-likeness (QED) is 0.276. The normalized spacial score (nSPS) is 15.2. The molecule has 10 heteroatoms. The van der Waals surface area contributed by atoms with Gasteiger partial charge in [-0.1, -0.05) is 41.5 Å². The largest absolute Gasteiger partial charge is 0.423 e. The second-order valence-corrected chi connectivity index (χ2v) is 6.79. The minimum Gasteiger partial charge on any atom is -0.423 e. The lowest BCUT2D eigenvalue weighted by molar-refractivity contribution is -0.128. The summed E-state index contributed by atoms with van der Waals surface area (Å²) in [6.07, 6.45) is 3.01. The molecule has 0 atom stereocenters. The predicted octanol–water partition coefficient (Wildman–Crippen LogP) is 2.27. The molecule has 1 aliphatic heterocycles. The fraction of sp³-hybridized carbons (Fsp3) is 0.0476. The molecule has 2 aromatic carbocycles. The van der Waals surface area contributed by atoms with Crippen molar-refractivity contribution in [2.75, 3.05) is 6.54 Å². The number of carbonyl (C=O) groups is 2. The Bertz CT molecular complexity index is 1200. The SMILES string of the molecule is C=CCN1C(=O)/C(=C\c2cccc(Oc3nnnn3-c3ccccc3)c2)C(=O)NC1=S. The summed E-state index contributed by atoms with van der Waals surface area (Å²) < 4.78 is 7.29. The summed E-state index contributed by atoms with van der Waals surface area (Å²) in [5.74, 6) is -0.619. The molecule has 0 saturated carbocycles. The zero-order valence-corrected chi connectivity index (χ0v) is 17.0. The number of hydrogen-bond acceptors (Lipinski definition) is 7. The maximum absolute atomic E-state index is 12.7. The molecule has 1 saturated heterocycles. The van der Waals surface area contributed by atoms with E-state index in [4.69, 9.17) is 17.0 Å². The van der Waals surface area contributed by atoms with E-state index in [9.17, 15) is 9.59 Å². The van der Waals surface area contributed by atoms with Gasteiger partial charge in [-0.15, -0.1) is 6.58 Å². The Morgan fingerprint density at radius 2 is 1.94 bits per heavy atom. The maximum atomic E-state index is 12.7. The van der Waals surface area contributed by atoms with Crippen LogP contribution >= 0.6 is 12.2 Å². The Balaban J connectivity index is 1.61. The molecule has 0 radical (unpaired) electrons. The van der Waals surface area contributed by atoms with Crippen molar-refractivity contribution in [2.24, 2.45) is 0 Å². The summed E-state index contributed by atoms with van der Waals surface area (Å²) in [5.41, 5.74) is 1.28. The molecule has 1 N–H and O–H groups in total. The standard InChI is InChI=1S/C21H16N6O3S/c1-2-11-26-19(29)17(18(28)22-21(26)31)13-14-7-6-10-16(12-14)30-20-23-24-25-27(20)15-8-4-3-5-9-15/h2-10,12-13H,1,11H2,(H,22,28,31)/b17-13-. The first-order chi connectivity index (χ1) is 15.1. The minimum absolute atomic E-state index is 0.0401. The molecule has 1 aromatic heterocycles. The van der Waals surface area contributed by atoms with Crippen LogP contribution in [0, 0.1) is 0 Å². The first-order valence-corrected chi connectivity index (χ1v) is 9.59. The lowest BCUT2D eigenvalue weighted by Crippen LogP contribution is -2.53. The molecule has 9 nitrogen and oxygen atoms in total. The van der Waals surface area contributed by atoms with Crippen LogP contribution in [0.15, 0.2) is 72.8 Å². The highest BCUT2D eigenvalue weighted by molar-refractivity contribution is 7.80. The molecule has 2 amide bonds. The summed E-state index contributed by atoms with van der Waals surface area (Å²) in [4.78, 5) is 26.3. The monoisotopic (exact) mass is 432 g/mol. The summed E-state index contributed by atoms with van der Waals surface area (Å²) in [6, 6.07) is 16.3. The van der Waals surface area contributed by atoms with E-state index in [0.717, 1.165) is 5.69 Å². The lowest BCUT2D eigenvalue weighted by atomic mass is 10.1. The smallest absolute Gasteiger partial charge is 0.345 e. The van der Waals surface area contributed by atoms with Gasteiger partial charge in [0.15, 0.2) is 5.11 Å². The number of carbonyl (C=O) groups excluding carboxylic acids is 2. The number of aromatic nitrogens is 4. The van der Waals surface area contributed by atoms with Crippen LogP contribution < -0.4 is 10.1 Å². The van der Waals surface area contributed by atoms with Gasteiger partial charge in [0.1, 0.15) is 11.3 Å². The van der Waals surface area contributed by atoms with Crippen molar-refractivity contribution in [1.29, 1.82) is 0 Å². The molecule has 0 spiro atoms. The molecule has 3 aromatic rings. The van der Waals surface area contributed by atoms with Gasteiger partial charge in [0.25, 0.3) is 11.8 Å². The van der Waals surface area contributed by atoms with Gasteiger partial charge in [-0.3, -0.25) is 19.8 Å². The van der Waals surface area contributed by atoms with Crippen LogP contribution in [-0.2, 0) is 9.59 Å². The van der Waals surface area contributed by atoms with Crippen LogP contribution in [0.4, 0.5) is 0 Å². The van der Waals surface area contributed by atoms with Gasteiger partial charge in [-0.2, -0.15) is 4.68 Å². The number of nitrogens with one attached hydrogen (secondary N) is 1. The highest BCUT2D eigenvalue weighted by Crippen LogP contribution is 2.23. The predicted molar refractivity (Wildman–Crippen MR) is 116 cm³/mol. The number of amides is 2. The molecule has 1 aliphatic rings. The van der Waals surface area contributed by atoms with Gasteiger partial charge < -0.3 is 4.74 Å². The van der Waals surface area contributed by atoms with Gasteiger partial charge in [0.05, 0.1) is 5.69 Å². The third-order valence-electron chi connectivity index (χ3n) is 4.32. The van der Waals surface area contributed by atoms with E-state index in [1.165, 1.54) is 21.7 Å². The number of ether oxygens (including phenoxy) is 1. The van der Waals surface area contributed by atoms with Crippen molar-refractivity contribution in [3.05, 3.63) is 78.4 Å². The Morgan fingerprint density at radius 3 is 2.71 bits per heavy atom. The van der Waals surface area contributed by atoms with Crippen molar-refractivity contribution in [2.45, 2.75) is 0 Å². The fourth-order valence-electron chi connectivity index (χ4n) is 2.90. The number of nitrogens with zero attached hydrogens (tertiary/aromatic N) is 5. The molecule has 4 rings (SSSR count). The van der Waals surface area contributed by atoms with Crippen LogP contribution in [0.3, 0.4) is 0 Å². The zero-order chi connectivity index (χ0) is 21.8. The summed E-state index contributed by atoms with van der Waals surface area (Å²) >= 11 is 5.06. The highest BCUT2D eigenvalue weighted by Gasteiger charge is 2.32. The van der Waals surface area contributed by atoms with Gasteiger partial charge in [-0.25, -0.2) is 0 Å². The first-order valence-electron chi connectivity index (χ1n) is 9.18. The third kappa shape index (κ3) is 4.23. The Labute approximate surface area is 182 Å². The fourth-order valence-corrected chi connectivity index (χ4v) is 3.15. The lowest BCUT2D eigenvalue weighted by Gasteiger charge is -2.27.